The van der Waals surface area contributed by atoms with Gasteiger partial charge in [-0.25, -0.2) is 4.79 Å². The zero-order valence-electron chi connectivity index (χ0n) is 23.7. The number of hydrogen-bond donors (Lipinski definition) is 1. The summed E-state index contributed by atoms with van der Waals surface area (Å²) in [6, 6.07) is 5.00. The predicted octanol–water partition coefficient (Wildman–Crippen LogP) is 5.29. The van der Waals surface area contributed by atoms with Gasteiger partial charge in [0.15, 0.2) is 0 Å². The van der Waals surface area contributed by atoms with E-state index in [-0.39, 0.29) is 35.2 Å². The molecule has 0 spiro atoms. The Hall–Kier alpha value is -2.27. The fourth-order valence-corrected chi connectivity index (χ4v) is 6.54. The van der Waals surface area contributed by atoms with Gasteiger partial charge >= 0.3 is 19.3 Å². The van der Waals surface area contributed by atoms with Crippen LogP contribution in [-0.2, 0) is 25.3 Å². The van der Waals surface area contributed by atoms with Crippen LogP contribution < -0.4 is 10.1 Å². The lowest BCUT2D eigenvalue weighted by molar-refractivity contribution is -0.199. The second-order valence-corrected chi connectivity index (χ2v) is 12.8. The molecule has 1 aromatic carbocycles. The zero-order chi connectivity index (χ0) is 29.0. The molecule has 5 atom stereocenters. The van der Waals surface area contributed by atoms with Gasteiger partial charge in [-0.2, -0.15) is 13.2 Å². The third-order valence-corrected chi connectivity index (χ3v) is 8.64. The van der Waals surface area contributed by atoms with E-state index >= 15 is 0 Å². The van der Waals surface area contributed by atoms with Crippen molar-refractivity contribution < 1.29 is 41.5 Å². The molecular formula is C28H39BF3NO6. The van der Waals surface area contributed by atoms with Crippen molar-refractivity contribution in [2.45, 2.75) is 103 Å². The molecule has 4 aliphatic rings. The lowest BCUT2D eigenvalue weighted by Gasteiger charge is -2.64. The number of carbonyl (C=O) groups excluding carboxylic acids is 2. The third-order valence-electron chi connectivity index (χ3n) is 8.64. The van der Waals surface area contributed by atoms with Crippen LogP contribution in [0.4, 0.5) is 13.2 Å². The van der Waals surface area contributed by atoms with E-state index in [0.29, 0.717) is 11.5 Å². The second-order valence-electron chi connectivity index (χ2n) is 12.8. The molecule has 5 rings (SSSR count). The number of alkyl halides is 3. The van der Waals surface area contributed by atoms with Gasteiger partial charge in [0.1, 0.15) is 16.9 Å². The minimum Gasteiger partial charge on any atom is -0.496 e. The van der Waals surface area contributed by atoms with Crippen molar-refractivity contribution in [2.24, 2.45) is 17.3 Å². The molecule has 1 amide bonds. The number of ether oxygens (including phenoxy) is 2. The summed E-state index contributed by atoms with van der Waals surface area (Å²) in [7, 11) is 0.553. The lowest BCUT2D eigenvalue weighted by Crippen LogP contribution is -2.65. The summed E-state index contributed by atoms with van der Waals surface area (Å²) < 4.78 is 62.5. The van der Waals surface area contributed by atoms with Crippen molar-refractivity contribution >= 4 is 19.0 Å². The van der Waals surface area contributed by atoms with E-state index < -0.39 is 55.2 Å². The SMILES string of the molecule is COc1c(CC(NC(=O)CCC(F)(F)F)B2OC3CC4CC(C4(C)C)C3(C)O2)cccc1C(=O)OC(C)(C)C. The summed E-state index contributed by atoms with van der Waals surface area (Å²) in [5, 5.41) is 2.73. The fraction of sp³-hybridized carbons (Fsp3) is 0.714. The number of methoxy groups -OCH3 is 1. The standard InChI is InChI=1S/C28H39BF3NO6/c1-25(2,3)37-24(35)18-10-8-9-16(23(18)36-7)13-21(33-22(34)11-12-28(30,31)32)29-38-20-15-17-14-19(26(17,4)5)27(20,6)39-29/h8-10,17,19-21H,11-15H2,1-7H3,(H,33,34). The molecule has 1 aliphatic heterocycles. The van der Waals surface area contributed by atoms with Gasteiger partial charge in [-0.05, 0) is 75.8 Å². The smallest absolute Gasteiger partial charge is 0.482 e. The van der Waals surface area contributed by atoms with E-state index in [4.69, 9.17) is 18.8 Å². The molecule has 2 bridgehead atoms. The number of carbonyl (C=O) groups is 2. The Balaban J connectivity index is 1.60. The second kappa shape index (κ2) is 10.3. The first-order chi connectivity index (χ1) is 17.9. The molecule has 1 aromatic rings. The largest absolute Gasteiger partial charge is 0.496 e. The van der Waals surface area contributed by atoms with Crippen LogP contribution in [0.1, 0.15) is 83.1 Å². The van der Waals surface area contributed by atoms with Crippen LogP contribution in [0, 0.1) is 17.3 Å². The van der Waals surface area contributed by atoms with Crippen molar-refractivity contribution in [3.05, 3.63) is 29.3 Å². The molecule has 11 heteroatoms. The number of esters is 1. The number of amides is 1. The molecule has 3 saturated carbocycles. The van der Waals surface area contributed by atoms with Gasteiger partial charge < -0.3 is 24.1 Å². The summed E-state index contributed by atoms with van der Waals surface area (Å²) in [5.74, 6) is -1.08. The van der Waals surface area contributed by atoms with Gasteiger partial charge in [0.2, 0.25) is 5.91 Å². The Morgan fingerprint density at radius 3 is 2.46 bits per heavy atom. The highest BCUT2D eigenvalue weighted by Crippen LogP contribution is 2.65. The molecule has 7 nitrogen and oxygen atoms in total. The van der Waals surface area contributed by atoms with Crippen LogP contribution in [0.25, 0.3) is 0 Å². The van der Waals surface area contributed by atoms with Crippen molar-refractivity contribution in [2.75, 3.05) is 7.11 Å². The highest BCUT2D eigenvalue weighted by atomic mass is 19.4. The number of rotatable bonds is 8. The van der Waals surface area contributed by atoms with E-state index in [2.05, 4.69) is 19.2 Å². The van der Waals surface area contributed by atoms with Gasteiger partial charge in [-0.1, -0.05) is 26.0 Å². The van der Waals surface area contributed by atoms with Crippen LogP contribution in [0.3, 0.4) is 0 Å². The van der Waals surface area contributed by atoms with Crippen LogP contribution in [0.2, 0.25) is 0 Å². The summed E-state index contributed by atoms with van der Waals surface area (Å²) in [6.07, 6.45) is -4.60. The molecule has 4 fully saturated rings. The summed E-state index contributed by atoms with van der Waals surface area (Å²) >= 11 is 0. The highest BCUT2D eigenvalue weighted by Gasteiger charge is 2.68. The van der Waals surface area contributed by atoms with E-state index in [0.717, 1.165) is 12.8 Å². The number of halogens is 3. The summed E-state index contributed by atoms with van der Waals surface area (Å²) in [5.41, 5.74) is -0.415. The predicted molar refractivity (Wildman–Crippen MR) is 139 cm³/mol. The van der Waals surface area contributed by atoms with E-state index in [1.165, 1.54) is 7.11 Å². The van der Waals surface area contributed by atoms with Crippen LogP contribution in [-0.4, -0.2) is 55.5 Å². The van der Waals surface area contributed by atoms with Crippen LogP contribution >= 0.6 is 0 Å². The molecule has 1 heterocycles. The molecule has 0 aromatic heterocycles. The monoisotopic (exact) mass is 553 g/mol. The molecule has 3 aliphatic carbocycles. The fourth-order valence-electron chi connectivity index (χ4n) is 6.54. The minimum atomic E-state index is -4.45. The maximum Gasteiger partial charge on any atom is 0.482 e. The number of benzene rings is 1. The average molecular weight is 553 g/mol. The highest BCUT2D eigenvalue weighted by molar-refractivity contribution is 6.48. The van der Waals surface area contributed by atoms with Crippen LogP contribution in [0.5, 0.6) is 5.75 Å². The minimum absolute atomic E-state index is 0.0971. The Labute approximate surface area is 228 Å². The van der Waals surface area contributed by atoms with Crippen molar-refractivity contribution in [3.63, 3.8) is 0 Å². The normalized spacial score (nSPS) is 28.3. The number of nitrogens with one attached hydrogen (secondary N) is 1. The zero-order valence-corrected chi connectivity index (χ0v) is 23.7. The Morgan fingerprint density at radius 2 is 1.87 bits per heavy atom. The summed E-state index contributed by atoms with van der Waals surface area (Å²) in [4.78, 5) is 25.6. The lowest BCUT2D eigenvalue weighted by atomic mass is 9.43. The first kappa shape index (κ1) is 29.7. The van der Waals surface area contributed by atoms with Gasteiger partial charge in [0.05, 0.1) is 31.2 Å². The van der Waals surface area contributed by atoms with Gasteiger partial charge in [-0.3, -0.25) is 4.79 Å². The number of hydrogen-bond acceptors (Lipinski definition) is 6. The van der Waals surface area contributed by atoms with Gasteiger partial charge in [0.25, 0.3) is 0 Å². The first-order valence-corrected chi connectivity index (χ1v) is 13.5. The topological polar surface area (TPSA) is 83.1 Å². The van der Waals surface area contributed by atoms with Gasteiger partial charge in [0, 0.05) is 6.42 Å². The summed E-state index contributed by atoms with van der Waals surface area (Å²) in [6.45, 7) is 11.8. The Bertz CT molecular complexity index is 1100. The third kappa shape index (κ3) is 6.09. The molecule has 1 saturated heterocycles. The van der Waals surface area contributed by atoms with Gasteiger partial charge in [-0.15, -0.1) is 0 Å². The van der Waals surface area contributed by atoms with Crippen molar-refractivity contribution in [1.29, 1.82) is 0 Å². The molecular weight excluding hydrogens is 514 g/mol. The maximum absolute atomic E-state index is 12.9. The maximum atomic E-state index is 12.9. The molecule has 1 N–H and O–H groups in total. The quantitative estimate of drug-likeness (QED) is 0.348. The molecule has 0 radical (unpaired) electrons. The first-order valence-electron chi connectivity index (χ1n) is 13.5. The van der Waals surface area contributed by atoms with E-state index in [9.17, 15) is 22.8 Å². The average Bonchev–Trinajstić information content (AvgIpc) is 3.17. The Kier molecular flexibility index (Phi) is 7.84. The van der Waals surface area contributed by atoms with Crippen molar-refractivity contribution in [1.82, 2.24) is 5.32 Å². The van der Waals surface area contributed by atoms with Crippen LogP contribution in [0.15, 0.2) is 18.2 Å². The molecule has 39 heavy (non-hydrogen) atoms. The van der Waals surface area contributed by atoms with E-state index in [1.54, 1.807) is 39.0 Å². The molecule has 216 valence electrons. The van der Waals surface area contributed by atoms with E-state index in [1.807, 2.05) is 6.92 Å². The number of para-hydroxylation sites is 1. The van der Waals surface area contributed by atoms with Crippen molar-refractivity contribution in [3.8, 4) is 5.75 Å². The Morgan fingerprint density at radius 1 is 1.18 bits per heavy atom. The molecule has 5 unspecified atom stereocenters.